The van der Waals surface area contributed by atoms with Gasteiger partial charge in [0.05, 0.1) is 11.3 Å². The molecular formula is C18H32N4O. The van der Waals surface area contributed by atoms with Crippen LogP contribution in [0.5, 0.6) is 0 Å². The number of nitrogens with zero attached hydrogens (tertiary/aromatic N) is 3. The fraction of sp³-hybridized carbons (Fsp3) is 0.778. The molecule has 5 heteroatoms. The average molecular weight is 320 g/mol. The second kappa shape index (κ2) is 8.48. The predicted molar refractivity (Wildman–Crippen MR) is 93.8 cm³/mol. The van der Waals surface area contributed by atoms with E-state index in [0.29, 0.717) is 0 Å². The third-order valence-corrected chi connectivity index (χ3v) is 4.58. The summed E-state index contributed by atoms with van der Waals surface area (Å²) in [4.78, 5) is 14.9. The van der Waals surface area contributed by atoms with Crippen LogP contribution in [0.4, 0.5) is 0 Å². The molecule has 1 unspecified atom stereocenters. The first-order valence-electron chi connectivity index (χ1n) is 9.09. The number of piperidine rings is 1. The van der Waals surface area contributed by atoms with Crippen LogP contribution in [0.25, 0.3) is 0 Å². The van der Waals surface area contributed by atoms with Crippen LogP contribution in [0.1, 0.15) is 68.9 Å². The summed E-state index contributed by atoms with van der Waals surface area (Å²) in [6, 6.07) is 0. The third-order valence-electron chi connectivity index (χ3n) is 4.58. The van der Waals surface area contributed by atoms with E-state index in [1.54, 1.807) is 0 Å². The van der Waals surface area contributed by atoms with Crippen molar-refractivity contribution in [1.29, 1.82) is 0 Å². The summed E-state index contributed by atoms with van der Waals surface area (Å²) in [5, 5.41) is 7.57. The van der Waals surface area contributed by atoms with Crippen LogP contribution in [0, 0.1) is 5.92 Å². The number of aromatic nitrogens is 2. The lowest BCUT2D eigenvalue weighted by atomic mass is 10.0. The lowest BCUT2D eigenvalue weighted by Gasteiger charge is -2.30. The fourth-order valence-electron chi connectivity index (χ4n) is 3.29. The van der Waals surface area contributed by atoms with Gasteiger partial charge >= 0.3 is 0 Å². The minimum atomic E-state index is 0.0143. The van der Waals surface area contributed by atoms with Gasteiger partial charge in [-0.2, -0.15) is 5.10 Å². The van der Waals surface area contributed by atoms with Crippen molar-refractivity contribution in [1.82, 2.24) is 20.0 Å². The minimum Gasteiger partial charge on any atom is -0.352 e. The van der Waals surface area contributed by atoms with Gasteiger partial charge in [-0.3, -0.25) is 9.48 Å². The molecule has 23 heavy (non-hydrogen) atoms. The molecule has 1 aromatic heterocycles. The van der Waals surface area contributed by atoms with Crippen LogP contribution < -0.4 is 5.32 Å². The summed E-state index contributed by atoms with van der Waals surface area (Å²) >= 11 is 0. The topological polar surface area (TPSA) is 50.2 Å². The summed E-state index contributed by atoms with van der Waals surface area (Å²) in [5.74, 6) is 1.09. The molecule has 2 rings (SSSR count). The van der Waals surface area contributed by atoms with Gasteiger partial charge in [0.25, 0.3) is 5.91 Å². The molecule has 0 aromatic carbocycles. The lowest BCUT2D eigenvalue weighted by molar-refractivity contribution is 0.0948. The highest BCUT2D eigenvalue weighted by Gasteiger charge is 2.19. The maximum absolute atomic E-state index is 12.4. The Morgan fingerprint density at radius 1 is 1.48 bits per heavy atom. The number of hydrogen-bond acceptors (Lipinski definition) is 3. The van der Waals surface area contributed by atoms with E-state index in [4.69, 9.17) is 0 Å². The van der Waals surface area contributed by atoms with Gasteiger partial charge in [0.2, 0.25) is 0 Å². The van der Waals surface area contributed by atoms with Crippen molar-refractivity contribution < 1.29 is 4.79 Å². The maximum Gasteiger partial charge on any atom is 0.254 e. The Labute approximate surface area is 140 Å². The van der Waals surface area contributed by atoms with E-state index >= 15 is 0 Å². The third kappa shape index (κ3) is 5.06. The molecule has 2 heterocycles. The summed E-state index contributed by atoms with van der Waals surface area (Å²) in [5.41, 5.74) is 1.63. The number of likely N-dealkylation sites (tertiary alicyclic amines) is 1. The molecule has 1 aliphatic rings. The van der Waals surface area contributed by atoms with Crippen molar-refractivity contribution in [3.8, 4) is 0 Å². The number of nitrogens with one attached hydrogen (secondary N) is 1. The van der Waals surface area contributed by atoms with Gasteiger partial charge in [0.15, 0.2) is 0 Å². The Morgan fingerprint density at radius 2 is 2.26 bits per heavy atom. The smallest absolute Gasteiger partial charge is 0.254 e. The molecule has 1 saturated heterocycles. The van der Waals surface area contributed by atoms with Crippen LogP contribution in [0.3, 0.4) is 0 Å². The standard InChI is InChI=1S/C18H32N4O/c1-5-22-13-16(17(20-22)14(2)3)18(23)19-9-7-11-21-10-6-8-15(4)12-21/h13-15H,5-12H2,1-4H3,(H,19,23). The van der Waals surface area contributed by atoms with Crippen molar-refractivity contribution in [2.24, 2.45) is 5.92 Å². The summed E-state index contributed by atoms with van der Waals surface area (Å²) in [6.07, 6.45) is 5.54. The molecule has 1 amide bonds. The molecule has 0 bridgehead atoms. The first kappa shape index (κ1) is 18.0. The van der Waals surface area contributed by atoms with E-state index in [9.17, 15) is 4.79 Å². The first-order chi connectivity index (χ1) is 11.0. The molecule has 130 valence electrons. The van der Waals surface area contributed by atoms with Crippen molar-refractivity contribution in [3.63, 3.8) is 0 Å². The Balaban J connectivity index is 1.79. The number of carbonyl (C=O) groups excluding carboxylic acids is 1. The summed E-state index contributed by atoms with van der Waals surface area (Å²) in [7, 11) is 0. The predicted octanol–water partition coefficient (Wildman–Crippen LogP) is 2.88. The fourth-order valence-corrected chi connectivity index (χ4v) is 3.29. The van der Waals surface area contributed by atoms with E-state index in [1.165, 1.54) is 25.9 Å². The Bertz CT molecular complexity index is 509. The molecule has 1 fully saturated rings. The molecule has 0 spiro atoms. The minimum absolute atomic E-state index is 0.0143. The van der Waals surface area contributed by atoms with E-state index in [1.807, 2.05) is 17.8 Å². The molecule has 0 radical (unpaired) electrons. The molecule has 1 atom stereocenters. The normalized spacial score (nSPS) is 19.3. The number of amides is 1. The molecule has 1 aliphatic heterocycles. The summed E-state index contributed by atoms with van der Waals surface area (Å²) < 4.78 is 1.85. The van der Waals surface area contributed by atoms with E-state index in [-0.39, 0.29) is 11.8 Å². The quantitative estimate of drug-likeness (QED) is 0.786. The molecule has 1 N–H and O–H groups in total. The average Bonchev–Trinajstić information content (AvgIpc) is 2.96. The molecule has 0 saturated carbocycles. The van der Waals surface area contributed by atoms with Gasteiger partial charge < -0.3 is 10.2 Å². The van der Waals surface area contributed by atoms with Gasteiger partial charge in [-0.25, -0.2) is 0 Å². The van der Waals surface area contributed by atoms with Crippen LogP contribution >= 0.6 is 0 Å². The monoisotopic (exact) mass is 320 g/mol. The Hall–Kier alpha value is -1.36. The highest BCUT2D eigenvalue weighted by Crippen LogP contribution is 2.18. The second-order valence-corrected chi connectivity index (χ2v) is 7.10. The highest BCUT2D eigenvalue weighted by molar-refractivity contribution is 5.95. The Kier molecular flexibility index (Phi) is 6.63. The second-order valence-electron chi connectivity index (χ2n) is 7.10. The van der Waals surface area contributed by atoms with Gasteiger partial charge in [-0.1, -0.05) is 20.8 Å². The summed E-state index contributed by atoms with van der Waals surface area (Å²) in [6.45, 7) is 13.5. The number of carbonyl (C=O) groups is 1. The van der Waals surface area contributed by atoms with Crippen molar-refractivity contribution in [3.05, 3.63) is 17.5 Å². The first-order valence-corrected chi connectivity index (χ1v) is 9.09. The largest absolute Gasteiger partial charge is 0.352 e. The van der Waals surface area contributed by atoms with Crippen molar-refractivity contribution in [2.45, 2.75) is 59.4 Å². The highest BCUT2D eigenvalue weighted by atomic mass is 16.1. The van der Waals surface area contributed by atoms with E-state index in [0.717, 1.165) is 43.2 Å². The van der Waals surface area contributed by atoms with Crippen LogP contribution in [0.2, 0.25) is 0 Å². The number of hydrogen-bond donors (Lipinski definition) is 1. The maximum atomic E-state index is 12.4. The molecule has 5 nitrogen and oxygen atoms in total. The zero-order chi connectivity index (χ0) is 16.8. The van der Waals surface area contributed by atoms with E-state index in [2.05, 4.69) is 36.1 Å². The van der Waals surface area contributed by atoms with Crippen molar-refractivity contribution >= 4 is 5.91 Å². The van der Waals surface area contributed by atoms with Gasteiger partial charge in [-0.05, 0) is 51.1 Å². The van der Waals surface area contributed by atoms with Crippen molar-refractivity contribution in [2.75, 3.05) is 26.2 Å². The van der Waals surface area contributed by atoms with Gasteiger partial charge in [0, 0.05) is 25.8 Å². The Morgan fingerprint density at radius 3 is 2.91 bits per heavy atom. The SMILES string of the molecule is CCn1cc(C(=O)NCCCN2CCCC(C)C2)c(C(C)C)n1. The van der Waals surface area contributed by atoms with Crippen LogP contribution in [0.15, 0.2) is 6.20 Å². The lowest BCUT2D eigenvalue weighted by Crippen LogP contribution is -2.36. The zero-order valence-corrected chi connectivity index (χ0v) is 15.1. The van der Waals surface area contributed by atoms with Gasteiger partial charge in [-0.15, -0.1) is 0 Å². The van der Waals surface area contributed by atoms with Crippen LogP contribution in [-0.4, -0.2) is 46.8 Å². The molecule has 1 aromatic rings. The zero-order valence-electron chi connectivity index (χ0n) is 15.1. The molecule has 0 aliphatic carbocycles. The van der Waals surface area contributed by atoms with Crippen LogP contribution in [-0.2, 0) is 6.54 Å². The number of aryl methyl sites for hydroxylation is 1. The van der Waals surface area contributed by atoms with E-state index < -0.39 is 0 Å². The van der Waals surface area contributed by atoms with Gasteiger partial charge in [0.1, 0.15) is 0 Å². The number of rotatable bonds is 7. The molecular weight excluding hydrogens is 288 g/mol.